The highest BCUT2D eigenvalue weighted by molar-refractivity contribution is 5.66. The third kappa shape index (κ3) is 1.72. The van der Waals surface area contributed by atoms with Crippen molar-refractivity contribution in [3.05, 3.63) is 28.8 Å². The lowest BCUT2D eigenvalue weighted by Crippen LogP contribution is -2.38. The van der Waals surface area contributed by atoms with Crippen molar-refractivity contribution in [2.75, 3.05) is 11.9 Å². The van der Waals surface area contributed by atoms with Gasteiger partial charge in [-0.3, -0.25) is 0 Å². The number of alkyl halides is 2. The van der Waals surface area contributed by atoms with Crippen molar-refractivity contribution in [1.82, 2.24) is 0 Å². The molecule has 0 bridgehead atoms. The fraction of sp³-hybridized carbons (Fsp3) is 0.600. The summed E-state index contributed by atoms with van der Waals surface area (Å²) in [6.07, 6.45) is 1.26. The van der Waals surface area contributed by atoms with E-state index in [4.69, 9.17) is 0 Å². The molecule has 1 fully saturated rings. The van der Waals surface area contributed by atoms with Crippen molar-refractivity contribution in [3.63, 3.8) is 0 Å². The van der Waals surface area contributed by atoms with Crippen molar-refractivity contribution >= 4 is 5.69 Å². The third-order valence-electron chi connectivity index (χ3n) is 4.59. The van der Waals surface area contributed by atoms with Crippen LogP contribution in [0, 0.1) is 13.8 Å². The molecule has 2 aliphatic rings. The molecule has 0 amide bonds. The Balaban J connectivity index is 2.00. The first-order valence-corrected chi connectivity index (χ1v) is 6.65. The Hall–Kier alpha value is -1.12. The summed E-state index contributed by atoms with van der Waals surface area (Å²) in [6, 6.07) is 4.34. The van der Waals surface area contributed by atoms with E-state index >= 15 is 0 Å². The predicted octanol–water partition coefficient (Wildman–Crippen LogP) is 4.18. The van der Waals surface area contributed by atoms with Gasteiger partial charge in [-0.15, -0.1) is 0 Å². The zero-order valence-electron chi connectivity index (χ0n) is 10.9. The molecule has 1 aromatic carbocycles. The summed E-state index contributed by atoms with van der Waals surface area (Å²) < 4.78 is 26.7. The molecule has 98 valence electrons. The number of nitrogens with one attached hydrogen (secondary N) is 1. The van der Waals surface area contributed by atoms with Gasteiger partial charge in [-0.05, 0) is 37.8 Å². The SMILES string of the molecule is Cc1cc(C)c2c(c1)C1(CCC(F)(F)CC1)CN2. The standard InChI is InChI=1S/C15H19F2N/c1-10-7-11(2)13-12(8-10)14(9-18-13)3-5-15(16,17)6-4-14/h7-8,18H,3-6,9H2,1-2H3. The number of aryl methyl sites for hydroxylation is 2. The number of halogens is 2. The Morgan fingerprint density at radius 3 is 2.39 bits per heavy atom. The topological polar surface area (TPSA) is 12.0 Å². The van der Waals surface area contributed by atoms with Gasteiger partial charge in [0.05, 0.1) is 0 Å². The van der Waals surface area contributed by atoms with E-state index in [1.807, 2.05) is 0 Å². The number of benzene rings is 1. The lowest BCUT2D eigenvalue weighted by Gasteiger charge is -2.37. The predicted molar refractivity (Wildman–Crippen MR) is 69.5 cm³/mol. The monoisotopic (exact) mass is 251 g/mol. The van der Waals surface area contributed by atoms with Crippen LogP contribution >= 0.6 is 0 Å². The van der Waals surface area contributed by atoms with Gasteiger partial charge in [0.15, 0.2) is 0 Å². The van der Waals surface area contributed by atoms with Gasteiger partial charge in [-0.1, -0.05) is 17.7 Å². The smallest absolute Gasteiger partial charge is 0.248 e. The van der Waals surface area contributed by atoms with E-state index in [1.165, 1.54) is 22.4 Å². The van der Waals surface area contributed by atoms with Crippen molar-refractivity contribution in [3.8, 4) is 0 Å². The highest BCUT2D eigenvalue weighted by Gasteiger charge is 2.47. The average Bonchev–Trinajstić information content (AvgIpc) is 2.63. The zero-order chi connectivity index (χ0) is 13.0. The Bertz CT molecular complexity index is 484. The number of anilines is 1. The van der Waals surface area contributed by atoms with Crippen LogP contribution in [0.1, 0.15) is 42.4 Å². The molecule has 1 aliphatic heterocycles. The maximum Gasteiger partial charge on any atom is 0.248 e. The minimum atomic E-state index is -2.45. The molecule has 18 heavy (non-hydrogen) atoms. The summed E-state index contributed by atoms with van der Waals surface area (Å²) >= 11 is 0. The fourth-order valence-electron chi connectivity index (χ4n) is 3.51. The van der Waals surface area contributed by atoms with Crippen LogP contribution in [0.5, 0.6) is 0 Å². The van der Waals surface area contributed by atoms with Crippen LogP contribution in [0.25, 0.3) is 0 Å². The molecule has 0 atom stereocenters. The molecule has 3 heteroatoms. The average molecular weight is 251 g/mol. The van der Waals surface area contributed by atoms with Gasteiger partial charge in [0, 0.05) is 30.5 Å². The van der Waals surface area contributed by atoms with Crippen LogP contribution in [0.2, 0.25) is 0 Å². The molecule has 0 unspecified atom stereocenters. The largest absolute Gasteiger partial charge is 0.384 e. The van der Waals surface area contributed by atoms with Gasteiger partial charge >= 0.3 is 0 Å². The second kappa shape index (κ2) is 3.69. The maximum absolute atomic E-state index is 13.4. The zero-order valence-corrected chi connectivity index (χ0v) is 10.9. The Kier molecular flexibility index (Phi) is 2.45. The van der Waals surface area contributed by atoms with E-state index in [2.05, 4.69) is 31.3 Å². The van der Waals surface area contributed by atoms with Gasteiger partial charge < -0.3 is 5.32 Å². The second-order valence-electron chi connectivity index (χ2n) is 5.99. The highest BCUT2D eigenvalue weighted by Crippen LogP contribution is 2.51. The van der Waals surface area contributed by atoms with Gasteiger partial charge in [-0.25, -0.2) is 8.78 Å². The third-order valence-corrected chi connectivity index (χ3v) is 4.59. The van der Waals surface area contributed by atoms with Crippen LogP contribution in [-0.2, 0) is 5.41 Å². The Morgan fingerprint density at radius 1 is 1.06 bits per heavy atom. The van der Waals surface area contributed by atoms with Crippen molar-refractivity contribution in [1.29, 1.82) is 0 Å². The number of fused-ring (bicyclic) bond motifs is 2. The Labute approximate surface area is 107 Å². The van der Waals surface area contributed by atoms with E-state index < -0.39 is 5.92 Å². The van der Waals surface area contributed by atoms with Crippen LogP contribution in [0.4, 0.5) is 14.5 Å². The second-order valence-corrected chi connectivity index (χ2v) is 5.99. The van der Waals surface area contributed by atoms with Gasteiger partial charge in [0.1, 0.15) is 0 Å². The van der Waals surface area contributed by atoms with Crippen LogP contribution < -0.4 is 5.32 Å². The summed E-state index contributed by atoms with van der Waals surface area (Å²) in [4.78, 5) is 0. The van der Waals surface area contributed by atoms with E-state index in [-0.39, 0.29) is 18.3 Å². The molecule has 1 saturated carbocycles. The molecule has 1 aromatic rings. The van der Waals surface area contributed by atoms with Gasteiger partial charge in [0.25, 0.3) is 0 Å². The molecule has 1 N–H and O–H groups in total. The lowest BCUT2D eigenvalue weighted by molar-refractivity contribution is -0.0496. The molecule has 1 heterocycles. The van der Waals surface area contributed by atoms with Gasteiger partial charge in [-0.2, -0.15) is 0 Å². The summed E-state index contributed by atoms with van der Waals surface area (Å²) in [6.45, 7) is 4.99. The Morgan fingerprint density at radius 2 is 1.72 bits per heavy atom. The van der Waals surface area contributed by atoms with Crippen molar-refractivity contribution < 1.29 is 8.78 Å². The van der Waals surface area contributed by atoms with E-state index in [0.29, 0.717) is 12.8 Å². The maximum atomic E-state index is 13.4. The summed E-state index contributed by atoms with van der Waals surface area (Å²) in [7, 11) is 0. The first-order valence-electron chi connectivity index (χ1n) is 6.65. The minimum Gasteiger partial charge on any atom is -0.384 e. The minimum absolute atomic E-state index is 0.0289. The van der Waals surface area contributed by atoms with Crippen molar-refractivity contribution in [2.24, 2.45) is 0 Å². The summed E-state index contributed by atoms with van der Waals surface area (Å²) in [5.41, 5.74) is 4.88. The van der Waals surface area contributed by atoms with Crippen LogP contribution in [0.3, 0.4) is 0 Å². The molecule has 0 saturated heterocycles. The normalized spacial score (nSPS) is 23.8. The first-order chi connectivity index (χ1) is 8.42. The van der Waals surface area contributed by atoms with Crippen LogP contribution in [0.15, 0.2) is 12.1 Å². The number of hydrogen-bond donors (Lipinski definition) is 1. The summed E-state index contributed by atoms with van der Waals surface area (Å²) in [5, 5.41) is 3.44. The number of hydrogen-bond acceptors (Lipinski definition) is 1. The van der Waals surface area contributed by atoms with E-state index in [0.717, 1.165) is 6.54 Å². The molecule has 0 aromatic heterocycles. The molecule has 1 aliphatic carbocycles. The molecular formula is C15H19F2N. The van der Waals surface area contributed by atoms with Crippen LogP contribution in [-0.4, -0.2) is 12.5 Å². The van der Waals surface area contributed by atoms with Gasteiger partial charge in [0.2, 0.25) is 5.92 Å². The summed E-state index contributed by atoms with van der Waals surface area (Å²) in [5.74, 6) is -2.45. The molecule has 3 rings (SSSR count). The van der Waals surface area contributed by atoms with E-state index in [1.54, 1.807) is 0 Å². The van der Waals surface area contributed by atoms with E-state index in [9.17, 15) is 8.78 Å². The molecule has 1 nitrogen and oxygen atoms in total. The quantitative estimate of drug-likeness (QED) is 0.729. The number of rotatable bonds is 0. The van der Waals surface area contributed by atoms with Crippen molar-refractivity contribution in [2.45, 2.75) is 50.9 Å². The lowest BCUT2D eigenvalue weighted by atomic mass is 9.69. The fourth-order valence-corrected chi connectivity index (χ4v) is 3.51. The highest BCUT2D eigenvalue weighted by atomic mass is 19.3. The molecule has 0 radical (unpaired) electrons. The first kappa shape index (κ1) is 11.9. The molecular weight excluding hydrogens is 232 g/mol. The molecule has 1 spiro atoms.